The Bertz CT molecular complexity index is 506. The number of hydrogen-bond acceptors (Lipinski definition) is 6. The van der Waals surface area contributed by atoms with Gasteiger partial charge in [0.2, 0.25) is 6.61 Å². The number of aromatic nitrogens is 1. The van der Waals surface area contributed by atoms with E-state index in [9.17, 15) is 13.2 Å². The van der Waals surface area contributed by atoms with Crippen molar-refractivity contribution in [3.8, 4) is 6.07 Å². The van der Waals surface area contributed by atoms with Gasteiger partial charge in [-0.25, -0.2) is 9.37 Å². The molecule has 19 heavy (non-hydrogen) atoms. The first-order chi connectivity index (χ1) is 9.13. The maximum Gasteiger partial charge on any atom is 0.301 e. The van der Waals surface area contributed by atoms with Crippen molar-refractivity contribution in [2.75, 3.05) is 12.4 Å². The summed E-state index contributed by atoms with van der Waals surface area (Å²) >= 11 is 2.44. The zero-order valence-electron chi connectivity index (χ0n) is 9.48. The third-order valence-corrected chi connectivity index (χ3v) is 3.73. The van der Waals surface area contributed by atoms with Crippen LogP contribution in [0.15, 0.2) is 27.6 Å². The predicted molar refractivity (Wildman–Crippen MR) is 67.0 cm³/mol. The molecule has 0 aliphatic rings. The van der Waals surface area contributed by atoms with Gasteiger partial charge >= 0.3 is 6.08 Å². The molecule has 1 rings (SSSR count). The summed E-state index contributed by atoms with van der Waals surface area (Å²) in [6.45, 7) is -0.142. The van der Waals surface area contributed by atoms with E-state index in [0.29, 0.717) is 9.22 Å². The molecule has 0 saturated heterocycles. The molecule has 0 atom stereocenters. The quantitative estimate of drug-likeness (QED) is 0.334. The number of thiazole rings is 1. The fourth-order valence-electron chi connectivity index (χ4n) is 0.874. The maximum absolute atomic E-state index is 12.5. The van der Waals surface area contributed by atoms with Gasteiger partial charge in [-0.1, -0.05) is 16.9 Å². The van der Waals surface area contributed by atoms with Crippen LogP contribution in [0.25, 0.3) is 0 Å². The fraction of sp³-hybridized carbons (Fsp3) is 0.300. The number of nitriles is 1. The van der Waals surface area contributed by atoms with E-state index in [1.807, 2.05) is 0 Å². The van der Waals surface area contributed by atoms with Gasteiger partial charge in [-0.05, 0) is 0 Å². The zero-order chi connectivity index (χ0) is 14.1. The van der Waals surface area contributed by atoms with Gasteiger partial charge in [-0.15, -0.1) is 11.3 Å². The van der Waals surface area contributed by atoms with E-state index in [2.05, 4.69) is 15.0 Å². The first-order valence-corrected chi connectivity index (χ1v) is 6.74. The van der Waals surface area contributed by atoms with E-state index in [4.69, 9.17) is 5.26 Å². The predicted octanol–water partition coefficient (Wildman–Crippen LogP) is 3.58. The molecular weight excluding hydrogens is 299 g/mol. The lowest BCUT2D eigenvalue weighted by atomic mass is 10.4. The standard InChI is InChI=1S/C10H8F3N3OS2/c11-8(9(12)13)1-4-18-10-15-5-7(19-10)6-16-17-3-2-14/h5-6H,1,3-4H2/b16-6+. The summed E-state index contributed by atoms with van der Waals surface area (Å²) in [6, 6.07) is 1.75. The Morgan fingerprint density at radius 3 is 3.05 bits per heavy atom. The van der Waals surface area contributed by atoms with E-state index < -0.39 is 11.9 Å². The summed E-state index contributed by atoms with van der Waals surface area (Å²) in [7, 11) is 0. The topological polar surface area (TPSA) is 58.3 Å². The molecule has 0 N–H and O–H groups in total. The molecule has 0 aliphatic carbocycles. The summed E-state index contributed by atoms with van der Waals surface area (Å²) in [5, 5.41) is 11.7. The van der Waals surface area contributed by atoms with E-state index in [1.165, 1.54) is 35.5 Å². The van der Waals surface area contributed by atoms with Gasteiger partial charge in [-0.3, -0.25) is 0 Å². The lowest BCUT2D eigenvalue weighted by Crippen LogP contribution is -1.82. The Labute approximate surface area is 115 Å². The highest BCUT2D eigenvalue weighted by Gasteiger charge is 2.06. The van der Waals surface area contributed by atoms with Gasteiger partial charge < -0.3 is 4.84 Å². The highest BCUT2D eigenvalue weighted by Crippen LogP contribution is 2.26. The van der Waals surface area contributed by atoms with Crippen LogP contribution in [0, 0.1) is 11.3 Å². The van der Waals surface area contributed by atoms with Crippen molar-refractivity contribution in [2.24, 2.45) is 5.16 Å². The highest BCUT2D eigenvalue weighted by molar-refractivity contribution is 8.01. The minimum atomic E-state index is -2.28. The summed E-state index contributed by atoms with van der Waals surface area (Å²) < 4.78 is 36.7. The molecular formula is C10H8F3N3OS2. The van der Waals surface area contributed by atoms with Crippen molar-refractivity contribution in [1.82, 2.24) is 4.98 Å². The summed E-state index contributed by atoms with van der Waals surface area (Å²) in [6.07, 6.45) is 0.304. The largest absolute Gasteiger partial charge is 0.380 e. The van der Waals surface area contributed by atoms with Crippen LogP contribution in [-0.2, 0) is 4.84 Å². The second-order valence-electron chi connectivity index (χ2n) is 2.96. The molecule has 4 nitrogen and oxygen atoms in total. The van der Waals surface area contributed by atoms with Gasteiger partial charge in [0.15, 0.2) is 5.83 Å². The smallest absolute Gasteiger partial charge is 0.301 e. The van der Waals surface area contributed by atoms with Gasteiger partial charge in [-0.2, -0.15) is 14.0 Å². The first kappa shape index (κ1) is 15.5. The van der Waals surface area contributed by atoms with Gasteiger partial charge in [0.25, 0.3) is 0 Å². The molecule has 0 aliphatic heterocycles. The number of halogens is 3. The Kier molecular flexibility index (Phi) is 6.99. The Balaban J connectivity index is 2.37. The van der Waals surface area contributed by atoms with E-state index in [-0.39, 0.29) is 18.8 Å². The number of oxime groups is 1. The summed E-state index contributed by atoms with van der Waals surface area (Å²) in [5.74, 6) is -1.21. The van der Waals surface area contributed by atoms with Crippen molar-refractivity contribution in [1.29, 1.82) is 5.26 Å². The summed E-state index contributed by atoms with van der Waals surface area (Å²) in [5.41, 5.74) is 0. The molecule has 0 amide bonds. The fourth-order valence-corrected chi connectivity index (χ4v) is 2.74. The van der Waals surface area contributed by atoms with Crippen LogP contribution in [0.2, 0.25) is 0 Å². The Hall–Kier alpha value is -1.53. The monoisotopic (exact) mass is 307 g/mol. The van der Waals surface area contributed by atoms with Crippen molar-refractivity contribution in [3.63, 3.8) is 0 Å². The van der Waals surface area contributed by atoms with Crippen LogP contribution >= 0.6 is 23.1 Å². The molecule has 0 radical (unpaired) electrons. The number of thioether (sulfide) groups is 1. The van der Waals surface area contributed by atoms with Crippen LogP contribution in [-0.4, -0.2) is 23.6 Å². The second kappa shape index (κ2) is 8.55. The van der Waals surface area contributed by atoms with E-state index in [1.54, 1.807) is 6.07 Å². The molecule has 1 aromatic rings. The minimum absolute atomic E-state index is 0.142. The van der Waals surface area contributed by atoms with Crippen LogP contribution in [0.3, 0.4) is 0 Å². The van der Waals surface area contributed by atoms with Crippen molar-refractivity contribution < 1.29 is 18.0 Å². The van der Waals surface area contributed by atoms with E-state index in [0.717, 1.165) is 0 Å². The van der Waals surface area contributed by atoms with Crippen molar-refractivity contribution in [2.45, 2.75) is 10.8 Å². The summed E-state index contributed by atoms with van der Waals surface area (Å²) in [4.78, 5) is 9.26. The van der Waals surface area contributed by atoms with Crippen molar-refractivity contribution in [3.05, 3.63) is 23.0 Å². The Morgan fingerprint density at radius 1 is 1.58 bits per heavy atom. The van der Waals surface area contributed by atoms with E-state index >= 15 is 0 Å². The van der Waals surface area contributed by atoms with Crippen molar-refractivity contribution >= 4 is 29.3 Å². The van der Waals surface area contributed by atoms with Gasteiger partial charge in [0.1, 0.15) is 10.4 Å². The SMILES string of the molecule is N#CCO/N=C/c1cnc(SCCC(F)=C(F)F)s1. The van der Waals surface area contributed by atoms with Crippen LogP contribution in [0.4, 0.5) is 13.2 Å². The average Bonchev–Trinajstić information content (AvgIpc) is 2.82. The zero-order valence-corrected chi connectivity index (χ0v) is 11.1. The third kappa shape index (κ3) is 6.26. The number of nitrogens with zero attached hydrogens (tertiary/aromatic N) is 3. The maximum atomic E-state index is 12.5. The molecule has 0 unspecified atom stereocenters. The normalized spacial score (nSPS) is 10.4. The minimum Gasteiger partial charge on any atom is -0.380 e. The molecule has 0 fully saturated rings. The van der Waals surface area contributed by atoms with Crippen LogP contribution < -0.4 is 0 Å². The number of allylic oxidation sites excluding steroid dienone is 1. The lowest BCUT2D eigenvalue weighted by molar-refractivity contribution is 0.180. The highest BCUT2D eigenvalue weighted by atomic mass is 32.2. The molecule has 1 aromatic heterocycles. The first-order valence-electron chi connectivity index (χ1n) is 4.94. The van der Waals surface area contributed by atoms with Crippen LogP contribution in [0.1, 0.15) is 11.3 Å². The lowest BCUT2D eigenvalue weighted by Gasteiger charge is -1.94. The molecule has 0 saturated carbocycles. The molecule has 9 heteroatoms. The molecule has 1 heterocycles. The number of hydrogen-bond donors (Lipinski definition) is 0. The number of rotatable bonds is 7. The van der Waals surface area contributed by atoms with Gasteiger partial charge in [0.05, 0.1) is 11.1 Å². The average molecular weight is 307 g/mol. The second-order valence-corrected chi connectivity index (χ2v) is 5.36. The van der Waals surface area contributed by atoms with Gasteiger partial charge in [0, 0.05) is 18.4 Å². The molecule has 0 bridgehead atoms. The Morgan fingerprint density at radius 2 is 2.37 bits per heavy atom. The third-order valence-electron chi connectivity index (χ3n) is 1.64. The molecule has 0 aromatic carbocycles. The van der Waals surface area contributed by atoms with Crippen LogP contribution in [0.5, 0.6) is 0 Å². The molecule has 102 valence electrons. The molecule has 0 spiro atoms.